The molecule has 1 fully saturated rings. The summed E-state index contributed by atoms with van der Waals surface area (Å²) in [7, 11) is 0. The Morgan fingerprint density at radius 2 is 2.06 bits per heavy atom. The van der Waals surface area contributed by atoms with E-state index in [-0.39, 0.29) is 11.7 Å². The van der Waals surface area contributed by atoms with Gasteiger partial charge in [0.05, 0.1) is 11.3 Å². The van der Waals surface area contributed by atoms with E-state index < -0.39 is 17.6 Å². The number of halogens is 4. The molecule has 1 aliphatic heterocycles. The van der Waals surface area contributed by atoms with Gasteiger partial charge in [-0.3, -0.25) is 0 Å². The Balaban J connectivity index is 2.09. The quantitative estimate of drug-likeness (QED) is 0.801. The number of rotatable bonds is 2. The number of anilines is 1. The van der Waals surface area contributed by atoms with Gasteiger partial charge >= 0.3 is 6.18 Å². The van der Waals surface area contributed by atoms with Gasteiger partial charge in [0.2, 0.25) is 0 Å². The molecule has 1 aromatic carbocycles. The molecule has 6 heteroatoms. The van der Waals surface area contributed by atoms with Gasteiger partial charge in [0.15, 0.2) is 0 Å². The molecule has 2 nitrogen and oxygen atoms in total. The monoisotopic (exact) mass is 262 g/mol. The van der Waals surface area contributed by atoms with E-state index in [1.54, 1.807) is 0 Å². The van der Waals surface area contributed by atoms with Gasteiger partial charge in [-0.1, -0.05) is 0 Å². The predicted octanol–water partition coefficient (Wildman–Crippen LogP) is 3.01. The van der Waals surface area contributed by atoms with E-state index in [1.807, 2.05) is 0 Å². The van der Waals surface area contributed by atoms with E-state index >= 15 is 0 Å². The third-order valence-corrected chi connectivity index (χ3v) is 2.95. The summed E-state index contributed by atoms with van der Waals surface area (Å²) in [4.78, 5) is 0. The van der Waals surface area contributed by atoms with Crippen LogP contribution >= 0.6 is 0 Å². The molecule has 0 radical (unpaired) electrons. The van der Waals surface area contributed by atoms with Gasteiger partial charge in [-0.25, -0.2) is 4.39 Å². The molecule has 0 aromatic heterocycles. The second kappa shape index (κ2) is 5.14. The number of nitrogens with one attached hydrogen (secondary N) is 2. The molecule has 2 N–H and O–H groups in total. The van der Waals surface area contributed by atoms with Crippen LogP contribution in [0.4, 0.5) is 23.2 Å². The summed E-state index contributed by atoms with van der Waals surface area (Å²) in [6.07, 6.45) is -2.65. The summed E-state index contributed by atoms with van der Waals surface area (Å²) in [6.45, 7) is 1.62. The third-order valence-electron chi connectivity index (χ3n) is 2.95. The first kappa shape index (κ1) is 13.1. The molecule has 2 rings (SSSR count). The van der Waals surface area contributed by atoms with Crippen LogP contribution < -0.4 is 10.6 Å². The molecule has 1 heterocycles. The number of hydrogen-bond donors (Lipinski definition) is 2. The van der Waals surface area contributed by atoms with Crippen LogP contribution in [0, 0.1) is 5.82 Å². The lowest BCUT2D eigenvalue weighted by Crippen LogP contribution is -2.38. The molecule has 0 aliphatic carbocycles. The molecule has 18 heavy (non-hydrogen) atoms. The lowest BCUT2D eigenvalue weighted by atomic mass is 10.1. The van der Waals surface area contributed by atoms with Crippen molar-refractivity contribution in [3.63, 3.8) is 0 Å². The molecule has 0 saturated carbocycles. The van der Waals surface area contributed by atoms with Crippen LogP contribution in [0.15, 0.2) is 18.2 Å². The van der Waals surface area contributed by atoms with Crippen LogP contribution in [-0.2, 0) is 6.18 Å². The maximum Gasteiger partial charge on any atom is 0.416 e. The lowest BCUT2D eigenvalue weighted by Gasteiger charge is -2.25. The van der Waals surface area contributed by atoms with E-state index in [0.29, 0.717) is 12.6 Å². The molecule has 100 valence electrons. The van der Waals surface area contributed by atoms with Crippen molar-refractivity contribution in [3.05, 3.63) is 29.6 Å². The first-order valence-corrected chi connectivity index (χ1v) is 5.81. The molecule has 1 aromatic rings. The summed E-state index contributed by atoms with van der Waals surface area (Å²) in [5.74, 6) is -0.865. The van der Waals surface area contributed by atoms with Crippen molar-refractivity contribution in [1.82, 2.24) is 5.32 Å². The predicted molar refractivity (Wildman–Crippen MR) is 60.9 cm³/mol. The Bertz CT molecular complexity index is 411. The smallest absolute Gasteiger partial charge is 0.379 e. The first-order valence-electron chi connectivity index (χ1n) is 5.81. The highest BCUT2D eigenvalue weighted by Crippen LogP contribution is 2.31. The van der Waals surface area contributed by atoms with Gasteiger partial charge in [0.1, 0.15) is 5.82 Å². The first-order chi connectivity index (χ1) is 8.47. The molecular weight excluding hydrogens is 248 g/mol. The van der Waals surface area contributed by atoms with Crippen LogP contribution in [0.5, 0.6) is 0 Å². The van der Waals surface area contributed by atoms with Crippen LogP contribution in [0.2, 0.25) is 0 Å². The fourth-order valence-electron chi connectivity index (χ4n) is 2.00. The van der Waals surface area contributed by atoms with E-state index in [9.17, 15) is 17.6 Å². The van der Waals surface area contributed by atoms with E-state index in [1.165, 1.54) is 0 Å². The lowest BCUT2D eigenvalue weighted by molar-refractivity contribution is -0.137. The largest absolute Gasteiger partial charge is 0.416 e. The standard InChI is InChI=1S/C12H14F4N2/c13-10-6-8(12(14,15)16)3-4-11(10)18-9-2-1-5-17-7-9/h3-4,6,9,17-18H,1-2,5,7H2. The Morgan fingerprint density at radius 1 is 1.28 bits per heavy atom. The molecule has 0 spiro atoms. The van der Waals surface area contributed by atoms with Crippen LogP contribution in [0.1, 0.15) is 18.4 Å². The Morgan fingerprint density at radius 3 is 2.61 bits per heavy atom. The van der Waals surface area contributed by atoms with E-state index in [0.717, 1.165) is 31.5 Å². The topological polar surface area (TPSA) is 24.1 Å². The van der Waals surface area contributed by atoms with Crippen molar-refractivity contribution in [2.75, 3.05) is 18.4 Å². The van der Waals surface area contributed by atoms with Crippen molar-refractivity contribution < 1.29 is 17.6 Å². The zero-order valence-corrected chi connectivity index (χ0v) is 9.65. The zero-order valence-electron chi connectivity index (χ0n) is 9.65. The molecule has 1 atom stereocenters. The molecule has 1 saturated heterocycles. The summed E-state index contributed by atoms with van der Waals surface area (Å²) in [5.41, 5.74) is -0.844. The molecule has 1 unspecified atom stereocenters. The maximum absolute atomic E-state index is 13.6. The Labute approximate surface area is 102 Å². The summed E-state index contributed by atoms with van der Waals surface area (Å²) in [5, 5.41) is 6.07. The highest BCUT2D eigenvalue weighted by Gasteiger charge is 2.31. The minimum absolute atomic E-state index is 0.0602. The summed E-state index contributed by atoms with van der Waals surface area (Å²) >= 11 is 0. The number of benzene rings is 1. The van der Waals surface area contributed by atoms with Crippen LogP contribution in [-0.4, -0.2) is 19.1 Å². The van der Waals surface area contributed by atoms with Crippen LogP contribution in [0.3, 0.4) is 0 Å². The van der Waals surface area contributed by atoms with Crippen molar-refractivity contribution >= 4 is 5.69 Å². The number of alkyl halides is 3. The molecular formula is C12H14F4N2. The van der Waals surface area contributed by atoms with E-state index in [4.69, 9.17) is 0 Å². The van der Waals surface area contributed by atoms with Gasteiger partial charge < -0.3 is 10.6 Å². The zero-order chi connectivity index (χ0) is 13.2. The molecule has 0 bridgehead atoms. The fourth-order valence-corrected chi connectivity index (χ4v) is 2.00. The van der Waals surface area contributed by atoms with Crippen molar-refractivity contribution in [2.45, 2.75) is 25.1 Å². The Hall–Kier alpha value is -1.30. The van der Waals surface area contributed by atoms with Crippen LogP contribution in [0.25, 0.3) is 0 Å². The maximum atomic E-state index is 13.6. The SMILES string of the molecule is Fc1cc(C(F)(F)F)ccc1NC1CCCNC1. The van der Waals surface area contributed by atoms with Gasteiger partial charge in [0.25, 0.3) is 0 Å². The van der Waals surface area contributed by atoms with Crippen molar-refractivity contribution in [3.8, 4) is 0 Å². The average molecular weight is 262 g/mol. The fraction of sp³-hybridized carbons (Fsp3) is 0.500. The summed E-state index contributed by atoms with van der Waals surface area (Å²) in [6, 6.07) is 2.62. The minimum Gasteiger partial charge on any atom is -0.379 e. The number of hydrogen-bond acceptors (Lipinski definition) is 2. The number of piperidine rings is 1. The molecule has 0 amide bonds. The third kappa shape index (κ3) is 3.13. The van der Waals surface area contributed by atoms with Crippen molar-refractivity contribution in [1.29, 1.82) is 0 Å². The second-order valence-corrected chi connectivity index (χ2v) is 4.38. The van der Waals surface area contributed by atoms with Gasteiger partial charge in [-0.15, -0.1) is 0 Å². The molecule has 1 aliphatic rings. The highest BCUT2D eigenvalue weighted by atomic mass is 19.4. The second-order valence-electron chi connectivity index (χ2n) is 4.38. The Kier molecular flexibility index (Phi) is 3.75. The van der Waals surface area contributed by atoms with Gasteiger partial charge in [-0.2, -0.15) is 13.2 Å². The van der Waals surface area contributed by atoms with Gasteiger partial charge in [-0.05, 0) is 37.6 Å². The normalized spacial score (nSPS) is 20.8. The van der Waals surface area contributed by atoms with Crippen molar-refractivity contribution in [2.24, 2.45) is 0 Å². The summed E-state index contributed by atoms with van der Waals surface area (Å²) < 4.78 is 50.6. The minimum atomic E-state index is -4.51. The van der Waals surface area contributed by atoms with E-state index in [2.05, 4.69) is 10.6 Å². The average Bonchev–Trinajstić information content (AvgIpc) is 2.32. The highest BCUT2D eigenvalue weighted by molar-refractivity contribution is 5.47. The van der Waals surface area contributed by atoms with Gasteiger partial charge in [0, 0.05) is 12.6 Å².